The fourth-order valence-corrected chi connectivity index (χ4v) is 10.9. The van der Waals surface area contributed by atoms with Crippen molar-refractivity contribution in [3.8, 4) is 0 Å². The first-order chi connectivity index (χ1) is 13.9. The Labute approximate surface area is 187 Å². The zero-order chi connectivity index (χ0) is 21.7. The molecule has 1 heteroatoms. The van der Waals surface area contributed by atoms with Gasteiger partial charge in [-0.15, -0.1) is 0 Å². The molecule has 0 saturated heterocycles. The number of hydrogen-bond acceptors (Lipinski definition) is 1. The van der Waals surface area contributed by atoms with Crippen molar-refractivity contribution in [2.24, 2.45) is 56.7 Å². The van der Waals surface area contributed by atoms with Gasteiger partial charge in [0.1, 0.15) is 0 Å². The van der Waals surface area contributed by atoms with Crippen LogP contribution in [0.3, 0.4) is 0 Å². The van der Waals surface area contributed by atoms with Gasteiger partial charge in [-0.1, -0.05) is 48.5 Å². The summed E-state index contributed by atoms with van der Waals surface area (Å²) in [5, 5.41) is 10.6. The van der Waals surface area contributed by atoms with Crippen molar-refractivity contribution in [2.45, 2.75) is 125 Å². The minimum absolute atomic E-state index is 0.0563. The molecule has 0 bridgehead atoms. The minimum atomic E-state index is -0.0563. The van der Waals surface area contributed by atoms with Crippen LogP contribution in [-0.2, 0) is 0 Å². The van der Waals surface area contributed by atoms with Gasteiger partial charge in [-0.05, 0) is 127 Å². The van der Waals surface area contributed by atoms with Gasteiger partial charge in [0, 0.05) is 0 Å². The Kier molecular flexibility index (Phi) is 4.73. The van der Waals surface area contributed by atoms with Gasteiger partial charge in [-0.2, -0.15) is 0 Å². The van der Waals surface area contributed by atoms with Gasteiger partial charge in [0.2, 0.25) is 0 Å². The van der Waals surface area contributed by atoms with Crippen LogP contribution in [0.25, 0.3) is 0 Å². The van der Waals surface area contributed by atoms with Crippen LogP contribution in [0.1, 0.15) is 119 Å². The molecule has 0 radical (unpaired) electrons. The minimum Gasteiger partial charge on any atom is -0.393 e. The third-order valence-corrected chi connectivity index (χ3v) is 13.2. The van der Waals surface area contributed by atoms with Crippen molar-refractivity contribution in [1.82, 2.24) is 0 Å². The van der Waals surface area contributed by atoms with Crippen LogP contribution in [0, 0.1) is 56.7 Å². The molecule has 0 amide bonds. The van der Waals surface area contributed by atoms with Gasteiger partial charge < -0.3 is 5.11 Å². The van der Waals surface area contributed by atoms with Crippen molar-refractivity contribution < 1.29 is 5.11 Å². The Morgan fingerprint density at radius 3 is 2.07 bits per heavy atom. The largest absolute Gasteiger partial charge is 0.393 e. The molecule has 0 aliphatic heterocycles. The van der Waals surface area contributed by atoms with Crippen LogP contribution >= 0.6 is 0 Å². The second-order valence-corrected chi connectivity index (χ2v) is 14.8. The van der Waals surface area contributed by atoms with Gasteiger partial charge in [0.05, 0.1) is 6.10 Å². The van der Waals surface area contributed by atoms with Gasteiger partial charge in [-0.3, -0.25) is 0 Å². The Morgan fingerprint density at radius 2 is 1.33 bits per heavy atom. The van der Waals surface area contributed by atoms with E-state index in [0.29, 0.717) is 33.0 Å². The van der Waals surface area contributed by atoms with Crippen LogP contribution in [-0.4, -0.2) is 11.2 Å². The van der Waals surface area contributed by atoms with Crippen molar-refractivity contribution >= 4 is 0 Å². The van der Waals surface area contributed by atoms with E-state index in [4.69, 9.17) is 0 Å². The van der Waals surface area contributed by atoms with Gasteiger partial charge in [0.25, 0.3) is 0 Å². The predicted octanol–water partition coefficient (Wildman–Crippen LogP) is 7.86. The van der Waals surface area contributed by atoms with Crippen LogP contribution in [0.15, 0.2) is 0 Å². The highest BCUT2D eigenvalue weighted by Gasteiger charge is 2.68. The maximum Gasteiger partial charge on any atom is 0.0568 e. The lowest BCUT2D eigenvalue weighted by Gasteiger charge is -2.73. The molecule has 1 N–H and O–H groups in total. The third-order valence-electron chi connectivity index (χ3n) is 13.2. The molecule has 0 spiro atoms. The second-order valence-electron chi connectivity index (χ2n) is 14.8. The lowest BCUT2D eigenvalue weighted by molar-refractivity contribution is -0.242. The Bertz CT molecular complexity index is 696. The van der Waals surface area contributed by atoms with Gasteiger partial charge in [0.15, 0.2) is 0 Å². The lowest BCUT2D eigenvalue weighted by Crippen LogP contribution is -2.65. The molecular weight excluding hydrogens is 364 g/mol. The Hall–Kier alpha value is -0.0400. The van der Waals surface area contributed by atoms with E-state index in [0.717, 1.165) is 30.1 Å². The quantitative estimate of drug-likeness (QED) is 0.427. The van der Waals surface area contributed by atoms with Crippen LogP contribution < -0.4 is 0 Å². The third kappa shape index (κ3) is 2.69. The molecule has 5 saturated carbocycles. The summed E-state index contributed by atoms with van der Waals surface area (Å²) in [6.07, 6.45) is 15.3. The summed E-state index contributed by atoms with van der Waals surface area (Å²) in [7, 11) is 0. The molecule has 5 aliphatic carbocycles. The van der Waals surface area contributed by atoms with Crippen LogP contribution in [0.5, 0.6) is 0 Å². The van der Waals surface area contributed by atoms with Crippen molar-refractivity contribution in [3.05, 3.63) is 0 Å². The number of hydrogen-bond donors (Lipinski definition) is 1. The number of aliphatic hydroxyl groups excluding tert-OH is 1. The fourth-order valence-electron chi connectivity index (χ4n) is 10.9. The summed E-state index contributed by atoms with van der Waals surface area (Å²) in [5.74, 6) is 3.97. The monoisotopic (exact) mass is 414 g/mol. The van der Waals surface area contributed by atoms with E-state index in [-0.39, 0.29) is 6.10 Å². The average molecular weight is 415 g/mol. The summed E-state index contributed by atoms with van der Waals surface area (Å²) >= 11 is 0. The average Bonchev–Trinajstić information content (AvgIpc) is 2.67. The smallest absolute Gasteiger partial charge is 0.0568 e. The lowest BCUT2D eigenvalue weighted by atomic mass is 9.32. The summed E-state index contributed by atoms with van der Waals surface area (Å²) in [5.41, 5.74) is 2.60. The van der Waals surface area contributed by atoms with Crippen molar-refractivity contribution in [2.75, 3.05) is 0 Å². The molecule has 0 aromatic rings. The van der Waals surface area contributed by atoms with Crippen molar-refractivity contribution in [1.29, 1.82) is 0 Å². The molecule has 5 aliphatic rings. The van der Waals surface area contributed by atoms with Crippen LogP contribution in [0.4, 0.5) is 0 Å². The fraction of sp³-hybridized carbons (Fsp3) is 1.00. The highest BCUT2D eigenvalue weighted by molar-refractivity contribution is 5.17. The highest BCUT2D eigenvalue weighted by atomic mass is 16.3. The first-order valence-corrected chi connectivity index (χ1v) is 13.5. The van der Waals surface area contributed by atoms with E-state index >= 15 is 0 Å². The second kappa shape index (κ2) is 6.51. The molecule has 0 aromatic carbocycles. The molecule has 5 fully saturated rings. The molecule has 10 atom stereocenters. The molecule has 5 rings (SSSR count). The topological polar surface area (TPSA) is 20.2 Å². The number of aliphatic hydroxyl groups is 1. The molecule has 10 unspecified atom stereocenters. The summed E-state index contributed by atoms with van der Waals surface area (Å²) in [4.78, 5) is 0. The van der Waals surface area contributed by atoms with Crippen molar-refractivity contribution in [3.63, 3.8) is 0 Å². The summed E-state index contributed by atoms with van der Waals surface area (Å²) < 4.78 is 0. The number of rotatable bonds is 0. The first kappa shape index (κ1) is 21.8. The van der Waals surface area contributed by atoms with E-state index in [1.165, 1.54) is 64.2 Å². The molecule has 1 nitrogen and oxygen atoms in total. The van der Waals surface area contributed by atoms with E-state index in [9.17, 15) is 5.11 Å². The van der Waals surface area contributed by atoms with Gasteiger partial charge >= 0.3 is 0 Å². The van der Waals surface area contributed by atoms with Crippen LogP contribution in [0.2, 0.25) is 0 Å². The molecule has 0 aromatic heterocycles. The highest BCUT2D eigenvalue weighted by Crippen LogP contribution is 2.76. The first-order valence-electron chi connectivity index (χ1n) is 13.5. The van der Waals surface area contributed by atoms with E-state index in [2.05, 4.69) is 48.5 Å². The van der Waals surface area contributed by atoms with E-state index in [1.807, 2.05) is 0 Å². The SMILES string of the molecule is CC1C(O)CCC2(C)C1CCC1(C)C2CCC2C3CC(C)(C)CCC3(C)CCC21C. The Morgan fingerprint density at radius 1 is 0.633 bits per heavy atom. The van der Waals surface area contributed by atoms with E-state index < -0.39 is 0 Å². The molecule has 172 valence electrons. The zero-order valence-corrected chi connectivity index (χ0v) is 21.2. The van der Waals surface area contributed by atoms with E-state index in [1.54, 1.807) is 0 Å². The summed E-state index contributed by atoms with van der Waals surface area (Å²) in [6.45, 7) is 18.3. The molecular formula is C29H50O. The maximum absolute atomic E-state index is 10.6. The standard InChI is InChI=1S/C29H50O/c1-19-20-10-13-29(7)24(27(20,5)12-11-23(19)30)9-8-21-22-18-25(2,3)14-15-26(22,4)16-17-28(21,29)6/h19-24,30H,8-18H2,1-7H3. The normalized spacial score (nSPS) is 60.0. The zero-order valence-electron chi connectivity index (χ0n) is 21.2. The summed E-state index contributed by atoms with van der Waals surface area (Å²) in [6, 6.07) is 0. The number of fused-ring (bicyclic) bond motifs is 7. The van der Waals surface area contributed by atoms with Gasteiger partial charge in [-0.25, -0.2) is 0 Å². The molecule has 30 heavy (non-hydrogen) atoms. The molecule has 0 heterocycles. The maximum atomic E-state index is 10.6. The Balaban J connectivity index is 1.51. The predicted molar refractivity (Wildman–Crippen MR) is 126 cm³/mol.